The number of unbranched alkanes of at least 4 members (excludes halogenated alkanes) is 1. The van der Waals surface area contributed by atoms with E-state index in [2.05, 4.69) is 17.2 Å². The highest BCUT2D eigenvalue weighted by Gasteiger charge is 2.26. The lowest BCUT2D eigenvalue weighted by atomic mass is 9.97. The molecule has 2 rings (SSSR count). The number of rotatable bonds is 7. The molecule has 2 fully saturated rings. The first-order chi connectivity index (χ1) is 10.7. The minimum atomic E-state index is -0.0137. The Morgan fingerprint density at radius 2 is 2.18 bits per heavy atom. The van der Waals surface area contributed by atoms with Crippen molar-refractivity contribution in [3.05, 3.63) is 12.7 Å². The summed E-state index contributed by atoms with van der Waals surface area (Å²) < 4.78 is 0. The van der Waals surface area contributed by atoms with Gasteiger partial charge in [-0.2, -0.15) is 0 Å². The molecule has 22 heavy (non-hydrogen) atoms. The van der Waals surface area contributed by atoms with Crippen LogP contribution in [-0.4, -0.2) is 48.9 Å². The molecule has 0 saturated carbocycles. The zero-order valence-electron chi connectivity index (χ0n) is 13.5. The van der Waals surface area contributed by atoms with Crippen molar-refractivity contribution in [1.82, 2.24) is 15.5 Å². The number of nitrogens with one attached hydrogen (secondary N) is 2. The Hall–Kier alpha value is -1.36. The molecule has 0 aromatic carbocycles. The van der Waals surface area contributed by atoms with E-state index in [0.29, 0.717) is 18.9 Å². The normalized spacial score (nSPS) is 25.0. The summed E-state index contributed by atoms with van der Waals surface area (Å²) >= 11 is 0. The van der Waals surface area contributed by atoms with Crippen molar-refractivity contribution in [3.63, 3.8) is 0 Å². The van der Waals surface area contributed by atoms with Crippen LogP contribution in [0.5, 0.6) is 0 Å². The minimum absolute atomic E-state index is 0.0137. The van der Waals surface area contributed by atoms with Crippen molar-refractivity contribution in [3.8, 4) is 0 Å². The van der Waals surface area contributed by atoms with Crippen molar-refractivity contribution in [1.29, 1.82) is 0 Å². The van der Waals surface area contributed by atoms with Crippen molar-refractivity contribution < 1.29 is 9.59 Å². The second kappa shape index (κ2) is 8.93. The van der Waals surface area contributed by atoms with E-state index in [-0.39, 0.29) is 17.9 Å². The standard InChI is InChI=1S/C17H29N3O2/c1-2-3-4-9-16(21)20-11-6-7-14(13-20)12-19-17(22)15-8-5-10-18-15/h2,14-15,18H,1,3-13H2,(H,19,22). The number of nitrogens with zero attached hydrogens (tertiary/aromatic N) is 1. The SMILES string of the molecule is C=CCCCC(=O)N1CCCC(CNC(=O)C2CCCN2)C1. The first-order valence-electron chi connectivity index (χ1n) is 8.60. The molecule has 0 aromatic heterocycles. The second-order valence-electron chi connectivity index (χ2n) is 6.42. The Bertz CT molecular complexity index is 391. The quantitative estimate of drug-likeness (QED) is 0.553. The fraction of sp³-hybridized carbons (Fsp3) is 0.765. The van der Waals surface area contributed by atoms with Gasteiger partial charge >= 0.3 is 0 Å². The summed E-state index contributed by atoms with van der Waals surface area (Å²) in [6.45, 7) is 6.96. The Morgan fingerprint density at radius 1 is 1.32 bits per heavy atom. The molecule has 0 aromatic rings. The predicted octanol–water partition coefficient (Wildman–Crippen LogP) is 1.45. The number of amides is 2. The van der Waals surface area contributed by atoms with Gasteiger partial charge in [0.15, 0.2) is 0 Å². The Kier molecular flexibility index (Phi) is 6.90. The summed E-state index contributed by atoms with van der Waals surface area (Å²) in [6.07, 6.45) is 8.39. The highest BCUT2D eigenvalue weighted by molar-refractivity contribution is 5.82. The average Bonchev–Trinajstić information content (AvgIpc) is 3.07. The van der Waals surface area contributed by atoms with Gasteiger partial charge in [0.05, 0.1) is 6.04 Å². The van der Waals surface area contributed by atoms with E-state index in [1.807, 2.05) is 11.0 Å². The molecule has 0 bridgehead atoms. The molecule has 2 saturated heterocycles. The third-order valence-electron chi connectivity index (χ3n) is 4.61. The zero-order chi connectivity index (χ0) is 15.8. The van der Waals surface area contributed by atoms with Gasteiger partial charge in [-0.1, -0.05) is 6.08 Å². The number of piperidine rings is 1. The summed E-state index contributed by atoms with van der Waals surface area (Å²) in [7, 11) is 0. The highest BCUT2D eigenvalue weighted by Crippen LogP contribution is 2.17. The molecule has 5 nitrogen and oxygen atoms in total. The highest BCUT2D eigenvalue weighted by atomic mass is 16.2. The second-order valence-corrected chi connectivity index (χ2v) is 6.42. The largest absolute Gasteiger partial charge is 0.354 e. The van der Waals surface area contributed by atoms with Gasteiger partial charge in [-0.25, -0.2) is 0 Å². The topological polar surface area (TPSA) is 61.4 Å². The molecule has 2 aliphatic heterocycles. The maximum Gasteiger partial charge on any atom is 0.237 e. The average molecular weight is 307 g/mol. The van der Waals surface area contributed by atoms with Crippen molar-refractivity contribution in [2.75, 3.05) is 26.2 Å². The van der Waals surface area contributed by atoms with Gasteiger partial charge in [0, 0.05) is 26.1 Å². The first kappa shape index (κ1) is 17.0. The van der Waals surface area contributed by atoms with Crippen molar-refractivity contribution >= 4 is 11.8 Å². The van der Waals surface area contributed by atoms with Crippen LogP contribution in [0.1, 0.15) is 44.9 Å². The Morgan fingerprint density at radius 3 is 2.91 bits per heavy atom. The summed E-state index contributed by atoms with van der Waals surface area (Å²) in [5.74, 6) is 0.754. The molecular weight excluding hydrogens is 278 g/mol. The lowest BCUT2D eigenvalue weighted by Gasteiger charge is -2.33. The summed E-state index contributed by atoms with van der Waals surface area (Å²) in [5.41, 5.74) is 0. The minimum Gasteiger partial charge on any atom is -0.354 e. The number of allylic oxidation sites excluding steroid dienone is 1. The molecule has 2 unspecified atom stereocenters. The molecule has 0 spiro atoms. The van der Waals surface area contributed by atoms with E-state index in [9.17, 15) is 9.59 Å². The van der Waals surface area contributed by atoms with E-state index in [1.54, 1.807) is 0 Å². The maximum atomic E-state index is 12.2. The van der Waals surface area contributed by atoms with Crippen LogP contribution in [0.4, 0.5) is 0 Å². The van der Waals surface area contributed by atoms with Crippen LogP contribution in [0.3, 0.4) is 0 Å². The van der Waals surface area contributed by atoms with Crippen LogP contribution in [-0.2, 0) is 9.59 Å². The van der Waals surface area contributed by atoms with E-state index in [4.69, 9.17) is 0 Å². The van der Waals surface area contributed by atoms with E-state index < -0.39 is 0 Å². The number of likely N-dealkylation sites (tertiary alicyclic amines) is 1. The third-order valence-corrected chi connectivity index (χ3v) is 4.61. The molecule has 124 valence electrons. The third kappa shape index (κ3) is 5.13. The number of carbonyl (C=O) groups is 2. The van der Waals surface area contributed by atoms with E-state index >= 15 is 0 Å². The van der Waals surface area contributed by atoms with Crippen LogP contribution in [0.2, 0.25) is 0 Å². The fourth-order valence-corrected chi connectivity index (χ4v) is 3.29. The predicted molar refractivity (Wildman–Crippen MR) is 87.4 cm³/mol. The maximum absolute atomic E-state index is 12.2. The molecule has 5 heteroatoms. The van der Waals surface area contributed by atoms with Gasteiger partial charge in [-0.15, -0.1) is 6.58 Å². The molecule has 2 N–H and O–H groups in total. The van der Waals surface area contributed by atoms with Gasteiger partial charge in [-0.3, -0.25) is 9.59 Å². The summed E-state index contributed by atoms with van der Waals surface area (Å²) in [5, 5.41) is 6.27. The molecular formula is C17H29N3O2. The van der Waals surface area contributed by atoms with E-state index in [0.717, 1.165) is 58.2 Å². The Balaban J connectivity index is 1.69. The summed E-state index contributed by atoms with van der Waals surface area (Å²) in [6, 6.07) is -0.0137. The van der Waals surface area contributed by atoms with Crippen LogP contribution in [0, 0.1) is 5.92 Å². The first-order valence-corrected chi connectivity index (χ1v) is 8.60. The lowest BCUT2D eigenvalue weighted by molar-refractivity contribution is -0.133. The Labute approximate surface area is 133 Å². The van der Waals surface area contributed by atoms with Gasteiger partial charge in [0.25, 0.3) is 0 Å². The molecule has 2 amide bonds. The van der Waals surface area contributed by atoms with Crippen molar-refractivity contribution in [2.45, 2.75) is 51.0 Å². The number of hydrogen-bond acceptors (Lipinski definition) is 3. The van der Waals surface area contributed by atoms with Gasteiger partial charge in [-0.05, 0) is 51.0 Å². The number of hydrogen-bond donors (Lipinski definition) is 2. The van der Waals surface area contributed by atoms with Crippen LogP contribution in [0.15, 0.2) is 12.7 Å². The van der Waals surface area contributed by atoms with Gasteiger partial charge in [0.1, 0.15) is 0 Å². The van der Waals surface area contributed by atoms with Gasteiger partial charge in [0.2, 0.25) is 11.8 Å². The molecule has 0 aliphatic carbocycles. The smallest absolute Gasteiger partial charge is 0.237 e. The lowest BCUT2D eigenvalue weighted by Crippen LogP contribution is -2.46. The van der Waals surface area contributed by atoms with Crippen LogP contribution < -0.4 is 10.6 Å². The van der Waals surface area contributed by atoms with Crippen molar-refractivity contribution in [2.24, 2.45) is 5.92 Å². The zero-order valence-corrected chi connectivity index (χ0v) is 13.5. The molecule has 2 aliphatic rings. The fourth-order valence-electron chi connectivity index (χ4n) is 3.29. The molecule has 2 heterocycles. The monoisotopic (exact) mass is 307 g/mol. The van der Waals surface area contributed by atoms with Gasteiger partial charge < -0.3 is 15.5 Å². The molecule has 2 atom stereocenters. The molecule has 0 radical (unpaired) electrons. The summed E-state index contributed by atoms with van der Waals surface area (Å²) in [4.78, 5) is 26.1. The van der Waals surface area contributed by atoms with Crippen LogP contribution >= 0.6 is 0 Å². The van der Waals surface area contributed by atoms with E-state index in [1.165, 1.54) is 0 Å². The number of carbonyl (C=O) groups excluding carboxylic acids is 2. The van der Waals surface area contributed by atoms with Crippen LogP contribution in [0.25, 0.3) is 0 Å².